The Morgan fingerprint density at radius 1 is 1.44 bits per heavy atom. The van der Waals surface area contributed by atoms with E-state index in [4.69, 9.17) is 0 Å². The molecule has 1 aliphatic rings. The predicted octanol–water partition coefficient (Wildman–Crippen LogP) is 2.70. The van der Waals surface area contributed by atoms with E-state index in [1.807, 2.05) is 47.1 Å². The molecule has 0 aliphatic carbocycles. The summed E-state index contributed by atoms with van der Waals surface area (Å²) in [5, 5.41) is 6.32. The van der Waals surface area contributed by atoms with Crippen molar-refractivity contribution in [2.75, 3.05) is 19.6 Å². The van der Waals surface area contributed by atoms with Gasteiger partial charge in [-0.2, -0.15) is 0 Å². The second kappa shape index (κ2) is 6.70. The van der Waals surface area contributed by atoms with Crippen LogP contribution in [0, 0.1) is 6.92 Å². The lowest BCUT2D eigenvalue weighted by Gasteiger charge is -2.35. The van der Waals surface area contributed by atoms with Crippen LogP contribution in [0.15, 0.2) is 29.9 Å². The van der Waals surface area contributed by atoms with Crippen LogP contribution in [0.5, 0.6) is 0 Å². The van der Waals surface area contributed by atoms with Gasteiger partial charge in [0, 0.05) is 39.1 Å². The number of rotatable bonds is 3. The molecule has 3 aromatic rings. The highest BCUT2D eigenvalue weighted by Gasteiger charge is 2.33. The molecule has 1 saturated heterocycles. The predicted molar refractivity (Wildman–Crippen MR) is 100 cm³/mol. The Kier molecular flexibility index (Phi) is 4.41. The Balaban J connectivity index is 1.66. The van der Waals surface area contributed by atoms with Gasteiger partial charge < -0.3 is 14.8 Å². The number of amides is 1. The molecule has 1 N–H and O–H groups in total. The summed E-state index contributed by atoms with van der Waals surface area (Å²) in [5.74, 6) is 0.952. The van der Waals surface area contributed by atoms with Crippen LogP contribution >= 0.6 is 22.7 Å². The fourth-order valence-electron chi connectivity index (χ4n) is 3.11. The monoisotopic (exact) mass is 373 g/mol. The maximum Gasteiger partial charge on any atom is 0.266 e. The summed E-state index contributed by atoms with van der Waals surface area (Å²) in [5.41, 5.74) is 0.801. The van der Waals surface area contributed by atoms with Crippen molar-refractivity contribution in [2.45, 2.75) is 13.0 Å². The zero-order valence-electron chi connectivity index (χ0n) is 14.1. The fraction of sp³-hybridized carbons (Fsp3) is 0.353. The third-order valence-corrected chi connectivity index (χ3v) is 6.57. The van der Waals surface area contributed by atoms with Crippen LogP contribution in [0.25, 0.3) is 9.88 Å². The molecule has 0 radical (unpaired) electrons. The molecule has 25 heavy (non-hydrogen) atoms. The van der Waals surface area contributed by atoms with Gasteiger partial charge in [-0.1, -0.05) is 6.07 Å². The lowest BCUT2D eigenvalue weighted by Crippen LogP contribution is -2.49. The zero-order chi connectivity index (χ0) is 17.4. The average Bonchev–Trinajstić information content (AvgIpc) is 3.35. The van der Waals surface area contributed by atoms with E-state index in [2.05, 4.69) is 15.3 Å². The van der Waals surface area contributed by atoms with Crippen LogP contribution in [0.2, 0.25) is 0 Å². The number of aryl methyl sites for hydroxylation is 2. The Bertz CT molecular complexity index is 883. The van der Waals surface area contributed by atoms with E-state index in [0.29, 0.717) is 13.1 Å². The first-order chi connectivity index (χ1) is 12.1. The van der Waals surface area contributed by atoms with Crippen molar-refractivity contribution in [3.05, 3.63) is 46.3 Å². The minimum atomic E-state index is -0.0621. The van der Waals surface area contributed by atoms with Crippen molar-refractivity contribution in [3.63, 3.8) is 0 Å². The second-order valence-electron chi connectivity index (χ2n) is 6.03. The molecular weight excluding hydrogens is 354 g/mol. The van der Waals surface area contributed by atoms with Gasteiger partial charge in [0.1, 0.15) is 21.8 Å². The first-order valence-corrected chi connectivity index (χ1v) is 9.85. The topological polar surface area (TPSA) is 63.1 Å². The van der Waals surface area contributed by atoms with Gasteiger partial charge in [-0.25, -0.2) is 9.97 Å². The number of carbonyl (C=O) groups is 1. The van der Waals surface area contributed by atoms with E-state index in [1.165, 1.54) is 11.3 Å². The molecule has 1 aliphatic heterocycles. The minimum Gasteiger partial charge on any atom is -0.336 e. The van der Waals surface area contributed by atoms with Crippen molar-refractivity contribution in [1.29, 1.82) is 0 Å². The second-order valence-corrected chi connectivity index (χ2v) is 7.97. The molecule has 1 fully saturated rings. The molecule has 0 saturated carbocycles. The summed E-state index contributed by atoms with van der Waals surface area (Å²) in [4.78, 5) is 26.1. The van der Waals surface area contributed by atoms with Gasteiger partial charge in [-0.05, 0) is 18.4 Å². The summed E-state index contributed by atoms with van der Waals surface area (Å²) in [6.07, 6.45) is 3.69. The molecule has 0 spiro atoms. The van der Waals surface area contributed by atoms with Crippen LogP contribution in [0.1, 0.15) is 27.2 Å². The fourth-order valence-corrected chi connectivity index (χ4v) is 4.93. The van der Waals surface area contributed by atoms with Crippen LogP contribution in [0.3, 0.4) is 0 Å². The highest BCUT2D eigenvalue weighted by atomic mass is 32.1. The molecule has 130 valence electrons. The smallest absolute Gasteiger partial charge is 0.266 e. The number of imidazole rings is 1. The minimum absolute atomic E-state index is 0.0484. The molecule has 4 heterocycles. The first kappa shape index (κ1) is 16.4. The van der Waals surface area contributed by atoms with E-state index in [9.17, 15) is 4.79 Å². The van der Waals surface area contributed by atoms with Crippen molar-refractivity contribution in [3.8, 4) is 9.88 Å². The molecule has 3 aromatic heterocycles. The highest BCUT2D eigenvalue weighted by Crippen LogP contribution is 2.33. The van der Waals surface area contributed by atoms with E-state index in [-0.39, 0.29) is 11.9 Å². The number of thiazole rings is 1. The maximum atomic E-state index is 13.3. The molecule has 0 bridgehead atoms. The Morgan fingerprint density at radius 2 is 2.32 bits per heavy atom. The number of thiophene rings is 1. The Labute approximate surface area is 154 Å². The molecular formula is C17H19N5OS2. The number of nitrogens with one attached hydrogen (secondary N) is 1. The van der Waals surface area contributed by atoms with E-state index >= 15 is 0 Å². The van der Waals surface area contributed by atoms with Gasteiger partial charge in [0.2, 0.25) is 0 Å². The summed E-state index contributed by atoms with van der Waals surface area (Å²) >= 11 is 3.13. The molecule has 6 nitrogen and oxygen atoms in total. The van der Waals surface area contributed by atoms with Crippen LogP contribution in [0.4, 0.5) is 0 Å². The third-order valence-electron chi connectivity index (χ3n) is 4.38. The van der Waals surface area contributed by atoms with Gasteiger partial charge in [-0.15, -0.1) is 22.7 Å². The largest absolute Gasteiger partial charge is 0.336 e. The van der Waals surface area contributed by atoms with Crippen LogP contribution in [-0.2, 0) is 7.05 Å². The number of hydrogen-bond acceptors (Lipinski definition) is 6. The lowest BCUT2D eigenvalue weighted by molar-refractivity contribution is 0.0625. The number of piperazine rings is 1. The summed E-state index contributed by atoms with van der Waals surface area (Å²) < 4.78 is 1.98. The number of hydrogen-bond donors (Lipinski definition) is 1. The van der Waals surface area contributed by atoms with Crippen molar-refractivity contribution >= 4 is 28.6 Å². The average molecular weight is 374 g/mol. The number of nitrogens with zero attached hydrogens (tertiary/aromatic N) is 4. The number of aromatic nitrogens is 3. The Hall–Kier alpha value is -2.03. The SMILES string of the molecule is Cc1nc(-c2cccs2)sc1C(=O)N1CCNCC1c1nccn1C. The molecule has 8 heteroatoms. The van der Waals surface area contributed by atoms with Gasteiger partial charge in [0.05, 0.1) is 10.6 Å². The summed E-state index contributed by atoms with van der Waals surface area (Å²) in [6, 6.07) is 3.98. The van der Waals surface area contributed by atoms with Gasteiger partial charge >= 0.3 is 0 Å². The van der Waals surface area contributed by atoms with Gasteiger partial charge in [0.25, 0.3) is 5.91 Å². The third kappa shape index (κ3) is 3.01. The quantitative estimate of drug-likeness (QED) is 0.767. The summed E-state index contributed by atoms with van der Waals surface area (Å²) in [6.45, 7) is 4.09. The molecule has 0 aromatic carbocycles. The molecule has 1 amide bonds. The lowest BCUT2D eigenvalue weighted by atomic mass is 10.1. The van der Waals surface area contributed by atoms with Crippen molar-refractivity contribution in [2.24, 2.45) is 7.05 Å². The van der Waals surface area contributed by atoms with Crippen molar-refractivity contribution < 1.29 is 4.79 Å². The number of carbonyl (C=O) groups excluding carboxylic acids is 1. The molecule has 4 rings (SSSR count). The normalized spacial score (nSPS) is 17.8. The van der Waals surface area contributed by atoms with Gasteiger partial charge in [0.15, 0.2) is 0 Å². The van der Waals surface area contributed by atoms with Crippen LogP contribution in [-0.4, -0.2) is 45.0 Å². The maximum absolute atomic E-state index is 13.3. The van der Waals surface area contributed by atoms with Gasteiger partial charge in [-0.3, -0.25) is 4.79 Å². The first-order valence-electron chi connectivity index (χ1n) is 8.15. The van der Waals surface area contributed by atoms with E-state index in [0.717, 1.165) is 32.8 Å². The molecule has 1 unspecified atom stereocenters. The molecule has 1 atom stereocenters. The highest BCUT2D eigenvalue weighted by molar-refractivity contribution is 7.22. The van der Waals surface area contributed by atoms with E-state index < -0.39 is 0 Å². The summed E-state index contributed by atoms with van der Waals surface area (Å²) in [7, 11) is 1.96. The zero-order valence-corrected chi connectivity index (χ0v) is 15.7. The Morgan fingerprint density at radius 3 is 3.04 bits per heavy atom. The van der Waals surface area contributed by atoms with Crippen molar-refractivity contribution in [1.82, 2.24) is 24.8 Å². The van der Waals surface area contributed by atoms with Crippen LogP contribution < -0.4 is 5.32 Å². The van der Waals surface area contributed by atoms with E-state index in [1.54, 1.807) is 17.5 Å². The standard InChI is InChI=1S/C17H19N5OS2/c1-11-14(25-16(20-11)13-4-3-9-24-13)17(23)22-8-5-18-10-12(22)15-19-6-7-21(15)2/h3-4,6-7,9,12,18H,5,8,10H2,1-2H3.